The molecule has 5 heteroatoms. The zero-order valence-corrected chi connectivity index (χ0v) is 13.6. The molecule has 1 N–H and O–H groups in total. The first-order valence-electron chi connectivity index (χ1n) is 6.02. The number of halogens is 1. The summed E-state index contributed by atoms with van der Waals surface area (Å²) >= 11 is 2.13. The second kappa shape index (κ2) is 6.88. The Hall–Kier alpha value is -1.11. The van der Waals surface area contributed by atoms with Gasteiger partial charge in [-0.2, -0.15) is 0 Å². The minimum Gasteiger partial charge on any atom is -0.467 e. The second-order valence-electron chi connectivity index (χ2n) is 4.65. The first-order valence-corrected chi connectivity index (χ1v) is 7.10. The van der Waals surface area contributed by atoms with Crippen molar-refractivity contribution in [1.29, 1.82) is 0 Å². The van der Waals surface area contributed by atoms with Crippen LogP contribution in [0.15, 0.2) is 18.2 Å². The van der Waals surface area contributed by atoms with E-state index in [4.69, 9.17) is 4.74 Å². The molecular formula is C14H18INO3. The summed E-state index contributed by atoms with van der Waals surface area (Å²) in [5.74, 6) is -0.706. The molecule has 0 saturated heterocycles. The maximum absolute atomic E-state index is 12.2. The fourth-order valence-corrected chi connectivity index (χ4v) is 2.27. The largest absolute Gasteiger partial charge is 0.467 e. The van der Waals surface area contributed by atoms with Crippen LogP contribution in [-0.2, 0) is 9.53 Å². The third-order valence-electron chi connectivity index (χ3n) is 2.84. The Bertz CT molecular complexity index is 486. The van der Waals surface area contributed by atoms with E-state index >= 15 is 0 Å². The predicted octanol–water partition coefficient (Wildman–Crippen LogP) is 2.53. The average Bonchev–Trinajstić information content (AvgIpc) is 2.37. The van der Waals surface area contributed by atoms with Crippen molar-refractivity contribution in [3.63, 3.8) is 0 Å². The smallest absolute Gasteiger partial charge is 0.328 e. The van der Waals surface area contributed by atoms with Gasteiger partial charge in [0.05, 0.1) is 12.7 Å². The van der Waals surface area contributed by atoms with Gasteiger partial charge in [-0.15, -0.1) is 0 Å². The van der Waals surface area contributed by atoms with Crippen molar-refractivity contribution in [2.24, 2.45) is 5.92 Å². The maximum Gasteiger partial charge on any atom is 0.328 e. The van der Waals surface area contributed by atoms with E-state index in [0.717, 1.165) is 9.13 Å². The Morgan fingerprint density at radius 1 is 1.32 bits per heavy atom. The van der Waals surface area contributed by atoms with Gasteiger partial charge in [-0.05, 0) is 47.1 Å². The van der Waals surface area contributed by atoms with E-state index in [0.29, 0.717) is 5.56 Å². The van der Waals surface area contributed by atoms with Crippen molar-refractivity contribution in [2.45, 2.75) is 26.8 Å². The Morgan fingerprint density at radius 2 is 1.95 bits per heavy atom. The highest BCUT2D eigenvalue weighted by molar-refractivity contribution is 14.1. The van der Waals surface area contributed by atoms with Crippen molar-refractivity contribution in [3.8, 4) is 0 Å². The summed E-state index contributed by atoms with van der Waals surface area (Å²) in [7, 11) is 1.32. The normalized spacial score (nSPS) is 12.1. The van der Waals surface area contributed by atoms with Gasteiger partial charge < -0.3 is 10.1 Å². The summed E-state index contributed by atoms with van der Waals surface area (Å²) in [4.78, 5) is 23.9. The number of hydrogen-bond donors (Lipinski definition) is 1. The van der Waals surface area contributed by atoms with Crippen LogP contribution in [0.25, 0.3) is 0 Å². The monoisotopic (exact) mass is 375 g/mol. The Morgan fingerprint density at radius 3 is 2.47 bits per heavy atom. The maximum atomic E-state index is 12.2. The number of hydrogen-bond acceptors (Lipinski definition) is 3. The van der Waals surface area contributed by atoms with E-state index < -0.39 is 12.0 Å². The molecule has 0 spiro atoms. The van der Waals surface area contributed by atoms with Gasteiger partial charge in [-0.3, -0.25) is 4.79 Å². The van der Waals surface area contributed by atoms with Gasteiger partial charge in [0.1, 0.15) is 6.04 Å². The molecular weight excluding hydrogens is 357 g/mol. The van der Waals surface area contributed by atoms with Crippen molar-refractivity contribution in [2.75, 3.05) is 7.11 Å². The van der Waals surface area contributed by atoms with Crippen molar-refractivity contribution >= 4 is 34.5 Å². The highest BCUT2D eigenvalue weighted by Gasteiger charge is 2.26. The van der Waals surface area contributed by atoms with Crippen LogP contribution >= 0.6 is 22.6 Å². The molecule has 0 saturated carbocycles. The first kappa shape index (κ1) is 15.9. The minimum absolute atomic E-state index is 0.0288. The number of aryl methyl sites for hydroxylation is 1. The zero-order chi connectivity index (χ0) is 14.6. The Kier molecular flexibility index (Phi) is 5.78. The topological polar surface area (TPSA) is 55.4 Å². The molecule has 1 aromatic carbocycles. The average molecular weight is 375 g/mol. The molecule has 1 aromatic rings. The van der Waals surface area contributed by atoms with Crippen molar-refractivity contribution < 1.29 is 14.3 Å². The minimum atomic E-state index is -0.631. The third kappa shape index (κ3) is 3.92. The number of carbonyl (C=O) groups excluding carboxylic acids is 2. The van der Waals surface area contributed by atoms with Gasteiger partial charge in [0.2, 0.25) is 0 Å². The predicted molar refractivity (Wildman–Crippen MR) is 82.0 cm³/mol. The molecule has 0 fully saturated rings. The van der Waals surface area contributed by atoms with Gasteiger partial charge in [0.25, 0.3) is 5.91 Å². The number of carbonyl (C=O) groups is 2. The molecule has 1 amide bonds. The quantitative estimate of drug-likeness (QED) is 0.650. The Labute approximate surface area is 127 Å². The summed E-state index contributed by atoms with van der Waals surface area (Å²) in [5.41, 5.74) is 1.61. The number of nitrogens with one attached hydrogen (secondary N) is 1. The Balaban J connectivity index is 2.94. The molecule has 0 aliphatic heterocycles. The van der Waals surface area contributed by atoms with Crippen LogP contribution in [0, 0.1) is 16.4 Å². The van der Waals surface area contributed by atoms with Gasteiger partial charge in [0, 0.05) is 3.57 Å². The fraction of sp³-hybridized carbons (Fsp3) is 0.429. The molecule has 19 heavy (non-hydrogen) atoms. The molecule has 1 atom stereocenters. The fourth-order valence-electron chi connectivity index (χ4n) is 1.67. The number of ether oxygens (including phenoxy) is 1. The molecule has 0 aliphatic rings. The zero-order valence-electron chi connectivity index (χ0n) is 11.5. The van der Waals surface area contributed by atoms with E-state index in [2.05, 4.69) is 27.9 Å². The molecule has 104 valence electrons. The molecule has 4 nitrogen and oxygen atoms in total. The van der Waals surface area contributed by atoms with Gasteiger partial charge >= 0.3 is 5.97 Å². The van der Waals surface area contributed by atoms with Crippen LogP contribution in [0.1, 0.15) is 29.8 Å². The van der Waals surface area contributed by atoms with Crippen LogP contribution in [-0.4, -0.2) is 25.0 Å². The number of benzene rings is 1. The molecule has 0 heterocycles. The van der Waals surface area contributed by atoms with Gasteiger partial charge in [-0.25, -0.2) is 4.79 Å². The lowest BCUT2D eigenvalue weighted by Gasteiger charge is -2.20. The lowest BCUT2D eigenvalue weighted by Crippen LogP contribution is -2.45. The summed E-state index contributed by atoms with van der Waals surface area (Å²) in [6, 6.07) is 4.89. The summed E-state index contributed by atoms with van der Waals surface area (Å²) in [6.07, 6.45) is 0. The number of methoxy groups -OCH3 is 1. The lowest BCUT2D eigenvalue weighted by atomic mass is 10.0. The molecule has 1 rings (SSSR count). The summed E-state index contributed by atoms with van der Waals surface area (Å²) in [6.45, 7) is 5.67. The number of esters is 1. The summed E-state index contributed by atoms with van der Waals surface area (Å²) < 4.78 is 5.60. The van der Waals surface area contributed by atoms with Crippen molar-refractivity contribution in [1.82, 2.24) is 5.32 Å². The van der Waals surface area contributed by atoms with Crippen LogP contribution in [0.2, 0.25) is 0 Å². The second-order valence-corrected chi connectivity index (χ2v) is 5.73. The molecule has 0 radical (unpaired) electrons. The van der Waals surface area contributed by atoms with Crippen LogP contribution in [0.3, 0.4) is 0 Å². The highest BCUT2D eigenvalue weighted by Crippen LogP contribution is 2.17. The van der Waals surface area contributed by atoms with Crippen LogP contribution < -0.4 is 5.32 Å². The number of rotatable bonds is 4. The van der Waals surface area contributed by atoms with Crippen LogP contribution in [0.5, 0.6) is 0 Å². The standard InChI is InChI=1S/C14H18INO3/c1-8(2)12(14(18)19-4)16-13(17)10-7-5-6-9(3)11(10)15/h5-8,12H,1-4H3,(H,16,17)/t12-/m0/s1. The lowest BCUT2D eigenvalue weighted by molar-refractivity contribution is -0.144. The van der Waals surface area contributed by atoms with E-state index in [-0.39, 0.29) is 11.8 Å². The SMILES string of the molecule is COC(=O)[C@@H](NC(=O)c1cccc(C)c1I)C(C)C. The molecule has 0 unspecified atom stereocenters. The van der Waals surface area contributed by atoms with Crippen molar-refractivity contribution in [3.05, 3.63) is 32.9 Å². The molecule has 0 aliphatic carbocycles. The van der Waals surface area contributed by atoms with E-state index in [1.165, 1.54) is 7.11 Å². The number of amides is 1. The van der Waals surface area contributed by atoms with Gasteiger partial charge in [0.15, 0.2) is 0 Å². The van der Waals surface area contributed by atoms with E-state index in [9.17, 15) is 9.59 Å². The molecule has 0 aromatic heterocycles. The highest BCUT2D eigenvalue weighted by atomic mass is 127. The van der Waals surface area contributed by atoms with E-state index in [1.807, 2.05) is 32.9 Å². The third-order valence-corrected chi connectivity index (χ3v) is 4.28. The first-order chi connectivity index (χ1) is 8.88. The van der Waals surface area contributed by atoms with Crippen LogP contribution in [0.4, 0.5) is 0 Å². The van der Waals surface area contributed by atoms with E-state index in [1.54, 1.807) is 6.07 Å². The van der Waals surface area contributed by atoms with Gasteiger partial charge in [-0.1, -0.05) is 26.0 Å². The summed E-state index contributed by atoms with van der Waals surface area (Å²) in [5, 5.41) is 2.73. The molecule has 0 bridgehead atoms.